The van der Waals surface area contributed by atoms with Gasteiger partial charge in [-0.3, -0.25) is 19.7 Å². The monoisotopic (exact) mass is 401 g/mol. The summed E-state index contributed by atoms with van der Waals surface area (Å²) in [5, 5.41) is 15.9. The first-order valence-electron chi connectivity index (χ1n) is 9.02. The van der Waals surface area contributed by atoms with Gasteiger partial charge in [-0.25, -0.2) is 0 Å². The van der Waals surface area contributed by atoms with Gasteiger partial charge in [0.1, 0.15) is 5.02 Å². The Morgan fingerprint density at radius 1 is 1.07 bits per heavy atom. The van der Waals surface area contributed by atoms with Gasteiger partial charge in [0, 0.05) is 11.8 Å². The lowest BCUT2D eigenvalue weighted by Crippen LogP contribution is -2.37. The van der Waals surface area contributed by atoms with Gasteiger partial charge in [-0.2, -0.15) is 0 Å². The largest absolute Gasteiger partial charge is 0.341 e. The van der Waals surface area contributed by atoms with Crippen LogP contribution in [-0.2, 0) is 22.4 Å². The number of anilines is 1. The molecule has 0 fully saturated rings. The summed E-state index contributed by atoms with van der Waals surface area (Å²) >= 11 is 5.74. The topological polar surface area (TPSA) is 101 Å². The summed E-state index contributed by atoms with van der Waals surface area (Å²) in [5.41, 5.74) is 3.35. The van der Waals surface area contributed by atoms with Crippen LogP contribution in [0.25, 0.3) is 0 Å². The summed E-state index contributed by atoms with van der Waals surface area (Å²) in [6, 6.07) is 9.59. The average Bonchev–Trinajstić information content (AvgIpc) is 2.68. The maximum absolute atomic E-state index is 12.2. The molecule has 0 saturated heterocycles. The van der Waals surface area contributed by atoms with E-state index in [1.807, 2.05) is 13.0 Å². The van der Waals surface area contributed by atoms with Crippen molar-refractivity contribution in [2.75, 3.05) is 5.32 Å². The van der Waals surface area contributed by atoms with Crippen LogP contribution in [-0.4, -0.2) is 16.7 Å². The Morgan fingerprint density at radius 2 is 1.79 bits per heavy atom. The highest BCUT2D eigenvalue weighted by Crippen LogP contribution is 2.27. The number of hydrogen-bond acceptors (Lipinski definition) is 4. The van der Waals surface area contributed by atoms with Crippen LogP contribution < -0.4 is 10.6 Å². The second-order valence-electron chi connectivity index (χ2n) is 6.81. The highest BCUT2D eigenvalue weighted by molar-refractivity contribution is 6.39. The summed E-state index contributed by atoms with van der Waals surface area (Å²) in [7, 11) is 0. The van der Waals surface area contributed by atoms with Crippen LogP contribution in [0.3, 0.4) is 0 Å². The summed E-state index contributed by atoms with van der Waals surface area (Å²) in [6.45, 7) is 1.81. The third-order valence-corrected chi connectivity index (χ3v) is 5.15. The molecule has 146 valence electrons. The molecule has 8 heteroatoms. The molecule has 1 aliphatic carbocycles. The van der Waals surface area contributed by atoms with Gasteiger partial charge in [-0.15, -0.1) is 0 Å². The molecule has 2 aromatic carbocycles. The van der Waals surface area contributed by atoms with E-state index >= 15 is 0 Å². The number of rotatable bonds is 4. The molecule has 2 N–H and O–H groups in total. The number of halogens is 1. The highest BCUT2D eigenvalue weighted by atomic mass is 35.5. The molecule has 0 saturated carbocycles. The Balaban J connectivity index is 1.65. The summed E-state index contributed by atoms with van der Waals surface area (Å²) in [4.78, 5) is 34.6. The van der Waals surface area contributed by atoms with Gasteiger partial charge in [-0.1, -0.05) is 29.8 Å². The number of carbonyl (C=O) groups is 2. The fourth-order valence-corrected chi connectivity index (χ4v) is 3.47. The molecule has 1 unspecified atom stereocenters. The Morgan fingerprint density at radius 3 is 2.50 bits per heavy atom. The quantitative estimate of drug-likeness (QED) is 0.460. The lowest BCUT2D eigenvalue weighted by molar-refractivity contribution is -0.384. The van der Waals surface area contributed by atoms with Gasteiger partial charge < -0.3 is 10.6 Å². The van der Waals surface area contributed by atoms with E-state index in [-0.39, 0.29) is 22.4 Å². The SMILES string of the molecule is CC(NC(=O)C(=O)Nc1ccc(Cl)c([N+](=O)[O-])c1)c1ccc2c(c1)CCCC2. The molecule has 0 heterocycles. The lowest BCUT2D eigenvalue weighted by Gasteiger charge is -2.20. The molecular formula is C20H20ClN3O4. The predicted octanol–water partition coefficient (Wildman–Crippen LogP) is 3.94. The zero-order valence-electron chi connectivity index (χ0n) is 15.3. The lowest BCUT2D eigenvalue weighted by atomic mass is 9.89. The molecule has 0 bridgehead atoms. The van der Waals surface area contributed by atoms with Crippen molar-refractivity contribution in [3.8, 4) is 0 Å². The third-order valence-electron chi connectivity index (χ3n) is 4.83. The molecule has 28 heavy (non-hydrogen) atoms. The van der Waals surface area contributed by atoms with Crippen molar-refractivity contribution in [1.29, 1.82) is 0 Å². The first-order chi connectivity index (χ1) is 13.3. The number of hydrogen-bond donors (Lipinski definition) is 2. The van der Waals surface area contributed by atoms with Crippen molar-refractivity contribution < 1.29 is 14.5 Å². The van der Waals surface area contributed by atoms with Crippen molar-refractivity contribution in [1.82, 2.24) is 5.32 Å². The number of carbonyl (C=O) groups excluding carboxylic acids is 2. The van der Waals surface area contributed by atoms with E-state index in [9.17, 15) is 19.7 Å². The fraction of sp³-hybridized carbons (Fsp3) is 0.300. The van der Waals surface area contributed by atoms with Gasteiger partial charge in [-0.05, 0) is 61.4 Å². The number of nitrogens with zero attached hydrogens (tertiary/aromatic N) is 1. The summed E-state index contributed by atoms with van der Waals surface area (Å²) in [6.07, 6.45) is 4.46. The van der Waals surface area contributed by atoms with Crippen LogP contribution >= 0.6 is 11.6 Å². The smallest absolute Gasteiger partial charge is 0.313 e. The number of aryl methyl sites for hydroxylation is 2. The Kier molecular flexibility index (Phi) is 5.94. The van der Waals surface area contributed by atoms with Crippen LogP contribution in [0.4, 0.5) is 11.4 Å². The van der Waals surface area contributed by atoms with Crippen molar-refractivity contribution in [3.05, 3.63) is 68.2 Å². The van der Waals surface area contributed by atoms with Crippen LogP contribution in [0.1, 0.15) is 42.5 Å². The van der Waals surface area contributed by atoms with Gasteiger partial charge in [0.05, 0.1) is 11.0 Å². The number of nitro benzene ring substituents is 1. The summed E-state index contributed by atoms with van der Waals surface area (Å²) in [5.74, 6) is -1.72. The maximum atomic E-state index is 12.2. The second kappa shape index (κ2) is 8.39. The van der Waals surface area contributed by atoms with E-state index < -0.39 is 16.7 Å². The van der Waals surface area contributed by atoms with E-state index in [1.165, 1.54) is 29.7 Å². The molecule has 0 aliphatic heterocycles. The van der Waals surface area contributed by atoms with Gasteiger partial charge in [0.15, 0.2) is 0 Å². The highest BCUT2D eigenvalue weighted by Gasteiger charge is 2.20. The van der Waals surface area contributed by atoms with Crippen molar-refractivity contribution >= 4 is 34.8 Å². The number of fused-ring (bicyclic) bond motifs is 1. The maximum Gasteiger partial charge on any atom is 0.313 e. The van der Waals surface area contributed by atoms with Crippen LogP contribution in [0.5, 0.6) is 0 Å². The Bertz CT molecular complexity index is 945. The molecule has 0 aromatic heterocycles. The number of nitro groups is 1. The standard InChI is InChI=1S/C20H20ClN3O4/c1-12(14-7-6-13-4-2-3-5-15(13)10-14)22-19(25)20(26)23-16-8-9-17(21)18(11-16)24(27)28/h6-12H,2-5H2,1H3,(H,22,25)(H,23,26). The first kappa shape index (κ1) is 19.8. The van der Waals surface area contributed by atoms with Crippen LogP contribution in [0.2, 0.25) is 5.02 Å². The van der Waals surface area contributed by atoms with Crippen molar-refractivity contribution in [2.45, 2.75) is 38.6 Å². The van der Waals surface area contributed by atoms with E-state index in [0.29, 0.717) is 0 Å². The predicted molar refractivity (Wildman–Crippen MR) is 106 cm³/mol. The molecular weight excluding hydrogens is 382 g/mol. The fourth-order valence-electron chi connectivity index (χ4n) is 3.29. The number of benzene rings is 2. The van der Waals surface area contributed by atoms with Gasteiger partial charge >= 0.3 is 11.8 Å². The molecule has 0 radical (unpaired) electrons. The molecule has 7 nitrogen and oxygen atoms in total. The van der Waals surface area contributed by atoms with E-state index in [2.05, 4.69) is 22.8 Å². The third kappa shape index (κ3) is 4.48. The van der Waals surface area contributed by atoms with E-state index in [1.54, 1.807) is 0 Å². The zero-order valence-corrected chi connectivity index (χ0v) is 16.1. The van der Waals surface area contributed by atoms with Gasteiger partial charge in [0.2, 0.25) is 0 Å². The summed E-state index contributed by atoms with van der Waals surface area (Å²) < 4.78 is 0. The van der Waals surface area contributed by atoms with Crippen LogP contribution in [0, 0.1) is 10.1 Å². The molecule has 3 rings (SSSR count). The molecule has 2 amide bonds. The molecule has 2 aromatic rings. The number of nitrogens with one attached hydrogen (secondary N) is 2. The van der Waals surface area contributed by atoms with Gasteiger partial charge in [0.25, 0.3) is 5.69 Å². The average molecular weight is 402 g/mol. The number of amides is 2. The minimum Gasteiger partial charge on any atom is -0.341 e. The minimum atomic E-state index is -0.901. The Hall–Kier alpha value is -2.93. The first-order valence-corrected chi connectivity index (χ1v) is 9.40. The Labute approximate surface area is 167 Å². The molecule has 1 atom stereocenters. The van der Waals surface area contributed by atoms with Crippen LogP contribution in [0.15, 0.2) is 36.4 Å². The van der Waals surface area contributed by atoms with Crippen molar-refractivity contribution in [2.24, 2.45) is 0 Å². The zero-order chi connectivity index (χ0) is 20.3. The van der Waals surface area contributed by atoms with Crippen molar-refractivity contribution in [3.63, 3.8) is 0 Å². The minimum absolute atomic E-state index is 0.0477. The van der Waals surface area contributed by atoms with E-state index in [0.717, 1.165) is 30.9 Å². The molecule has 1 aliphatic rings. The van der Waals surface area contributed by atoms with E-state index in [4.69, 9.17) is 11.6 Å². The normalized spacial score (nSPS) is 13.9. The molecule has 0 spiro atoms. The second-order valence-corrected chi connectivity index (χ2v) is 7.22.